The number of hydrogen-bond acceptors (Lipinski definition) is 5. The van der Waals surface area contributed by atoms with E-state index in [2.05, 4.69) is 15.3 Å². The Bertz CT molecular complexity index is 811. The van der Waals surface area contributed by atoms with Crippen LogP contribution in [0.2, 0.25) is 5.02 Å². The number of carbonyl (C=O) groups is 2. The maximum absolute atomic E-state index is 12.8. The molecule has 1 fully saturated rings. The first kappa shape index (κ1) is 18.1. The van der Waals surface area contributed by atoms with E-state index in [9.17, 15) is 9.59 Å². The van der Waals surface area contributed by atoms with Gasteiger partial charge < -0.3 is 15.1 Å². The van der Waals surface area contributed by atoms with E-state index < -0.39 is 0 Å². The lowest BCUT2D eigenvalue weighted by molar-refractivity contribution is -0.121. The van der Waals surface area contributed by atoms with E-state index in [0.29, 0.717) is 29.6 Å². The van der Waals surface area contributed by atoms with Crippen molar-refractivity contribution in [2.75, 3.05) is 29.9 Å². The first-order chi connectivity index (χ1) is 12.5. The maximum atomic E-state index is 12.8. The molecule has 2 aromatic rings. The molecule has 0 unspecified atom stereocenters. The lowest BCUT2D eigenvalue weighted by Crippen LogP contribution is -2.57. The van der Waals surface area contributed by atoms with Crippen LogP contribution in [-0.2, 0) is 4.79 Å². The molecule has 1 N–H and O–H groups in total. The molecule has 0 aliphatic carbocycles. The molecule has 136 valence electrons. The largest absolute Gasteiger partial charge is 0.355 e. The SMILES string of the molecule is CCNc1ncc(C(=O)N2CC(=O)N(c3cccc(Cl)c3)C[C@H]2C)cn1. The summed E-state index contributed by atoms with van der Waals surface area (Å²) in [6.45, 7) is 4.96. The van der Waals surface area contributed by atoms with Crippen molar-refractivity contribution < 1.29 is 9.59 Å². The van der Waals surface area contributed by atoms with Crippen molar-refractivity contribution in [3.05, 3.63) is 47.2 Å². The first-order valence-electron chi connectivity index (χ1n) is 8.42. The van der Waals surface area contributed by atoms with Crippen LogP contribution in [0.3, 0.4) is 0 Å². The minimum atomic E-state index is -0.250. The van der Waals surface area contributed by atoms with Crippen molar-refractivity contribution in [3.8, 4) is 0 Å². The third-order valence-corrected chi connectivity index (χ3v) is 4.44. The topological polar surface area (TPSA) is 78.4 Å². The summed E-state index contributed by atoms with van der Waals surface area (Å²) in [5, 5.41) is 3.55. The Morgan fingerprint density at radius 1 is 1.35 bits per heavy atom. The summed E-state index contributed by atoms with van der Waals surface area (Å²) in [5.41, 5.74) is 1.10. The van der Waals surface area contributed by atoms with Gasteiger partial charge in [-0.1, -0.05) is 17.7 Å². The van der Waals surface area contributed by atoms with Crippen molar-refractivity contribution in [3.63, 3.8) is 0 Å². The molecule has 2 amide bonds. The number of anilines is 2. The Balaban J connectivity index is 1.74. The number of hydrogen-bond donors (Lipinski definition) is 1. The fraction of sp³-hybridized carbons (Fsp3) is 0.333. The fourth-order valence-corrected chi connectivity index (χ4v) is 3.06. The van der Waals surface area contributed by atoms with Crippen molar-refractivity contribution in [2.24, 2.45) is 0 Å². The first-order valence-corrected chi connectivity index (χ1v) is 8.80. The molecule has 1 saturated heterocycles. The second-order valence-corrected chi connectivity index (χ2v) is 6.53. The highest BCUT2D eigenvalue weighted by atomic mass is 35.5. The van der Waals surface area contributed by atoms with E-state index in [-0.39, 0.29) is 24.4 Å². The van der Waals surface area contributed by atoms with Crippen LogP contribution in [-0.4, -0.2) is 52.4 Å². The van der Waals surface area contributed by atoms with E-state index >= 15 is 0 Å². The van der Waals surface area contributed by atoms with Crippen LogP contribution in [0.1, 0.15) is 24.2 Å². The summed E-state index contributed by atoms with van der Waals surface area (Å²) in [5.74, 6) is 0.0718. The van der Waals surface area contributed by atoms with Gasteiger partial charge in [0.05, 0.1) is 5.56 Å². The number of benzene rings is 1. The van der Waals surface area contributed by atoms with Crippen molar-refractivity contribution in [1.82, 2.24) is 14.9 Å². The standard InChI is InChI=1S/C18H20ClN5O2/c1-3-20-18-21-8-13(9-22-18)17(26)23-11-16(25)24(10-12(23)2)15-6-4-5-14(19)7-15/h4-9,12H,3,10-11H2,1-2H3,(H,20,21,22)/t12-/m1/s1. The van der Waals surface area contributed by atoms with Gasteiger partial charge >= 0.3 is 0 Å². The molecule has 26 heavy (non-hydrogen) atoms. The van der Waals surface area contributed by atoms with E-state index in [1.807, 2.05) is 19.9 Å². The van der Waals surface area contributed by atoms with Gasteiger partial charge in [0.25, 0.3) is 5.91 Å². The summed E-state index contributed by atoms with van der Waals surface area (Å²) >= 11 is 6.02. The smallest absolute Gasteiger partial charge is 0.257 e. The van der Waals surface area contributed by atoms with Gasteiger partial charge in [-0.25, -0.2) is 9.97 Å². The van der Waals surface area contributed by atoms with Crippen LogP contribution < -0.4 is 10.2 Å². The highest BCUT2D eigenvalue weighted by Gasteiger charge is 2.34. The predicted molar refractivity (Wildman–Crippen MR) is 100 cm³/mol. The van der Waals surface area contributed by atoms with Crippen molar-refractivity contribution in [2.45, 2.75) is 19.9 Å². The number of piperazine rings is 1. The zero-order valence-electron chi connectivity index (χ0n) is 14.6. The van der Waals surface area contributed by atoms with Gasteiger partial charge in [-0.3, -0.25) is 9.59 Å². The molecular formula is C18H20ClN5O2. The third kappa shape index (κ3) is 3.77. The van der Waals surface area contributed by atoms with Crippen LogP contribution in [0.15, 0.2) is 36.7 Å². The zero-order chi connectivity index (χ0) is 18.7. The Hall–Kier alpha value is -2.67. The molecule has 0 radical (unpaired) electrons. The maximum Gasteiger partial charge on any atom is 0.257 e. The quantitative estimate of drug-likeness (QED) is 0.890. The molecule has 1 atom stereocenters. The molecule has 2 heterocycles. The highest BCUT2D eigenvalue weighted by molar-refractivity contribution is 6.30. The minimum absolute atomic E-state index is 0.00146. The van der Waals surface area contributed by atoms with Crippen molar-refractivity contribution in [1.29, 1.82) is 0 Å². The Morgan fingerprint density at radius 2 is 2.08 bits per heavy atom. The number of carbonyl (C=O) groups excluding carboxylic acids is 2. The van der Waals surface area contributed by atoms with Crippen LogP contribution in [0.25, 0.3) is 0 Å². The lowest BCUT2D eigenvalue weighted by Gasteiger charge is -2.39. The van der Waals surface area contributed by atoms with Crippen LogP contribution in [0, 0.1) is 0 Å². The number of rotatable bonds is 4. The number of amides is 2. The normalized spacial score (nSPS) is 17.3. The Labute approximate surface area is 157 Å². The zero-order valence-corrected chi connectivity index (χ0v) is 15.4. The fourth-order valence-electron chi connectivity index (χ4n) is 2.87. The lowest BCUT2D eigenvalue weighted by atomic mass is 10.1. The summed E-state index contributed by atoms with van der Waals surface area (Å²) in [4.78, 5) is 36.8. The molecule has 3 rings (SSSR count). The molecule has 7 nitrogen and oxygen atoms in total. The summed E-state index contributed by atoms with van der Waals surface area (Å²) in [6.07, 6.45) is 2.96. The monoisotopic (exact) mass is 373 g/mol. The molecule has 1 aliphatic heterocycles. The Morgan fingerprint density at radius 3 is 2.73 bits per heavy atom. The second-order valence-electron chi connectivity index (χ2n) is 6.09. The molecular weight excluding hydrogens is 354 g/mol. The predicted octanol–water partition coefficient (Wildman–Crippen LogP) is 2.44. The van der Waals surface area contributed by atoms with Gasteiger partial charge in [0.1, 0.15) is 6.54 Å². The summed E-state index contributed by atoms with van der Waals surface area (Å²) in [7, 11) is 0. The molecule has 1 aromatic carbocycles. The molecule has 1 aliphatic rings. The summed E-state index contributed by atoms with van der Waals surface area (Å²) in [6, 6.07) is 7.00. The van der Waals surface area contributed by atoms with Gasteiger partial charge in [0, 0.05) is 42.2 Å². The van der Waals surface area contributed by atoms with Crippen molar-refractivity contribution >= 4 is 35.1 Å². The van der Waals surface area contributed by atoms with Gasteiger partial charge in [-0.2, -0.15) is 0 Å². The molecule has 0 spiro atoms. The average Bonchev–Trinajstić information content (AvgIpc) is 2.63. The molecule has 1 aromatic heterocycles. The molecule has 0 saturated carbocycles. The number of nitrogens with one attached hydrogen (secondary N) is 1. The summed E-state index contributed by atoms with van der Waals surface area (Å²) < 4.78 is 0. The van der Waals surface area contributed by atoms with Gasteiger partial charge in [-0.05, 0) is 32.0 Å². The van der Waals surface area contributed by atoms with Crippen LogP contribution in [0.4, 0.5) is 11.6 Å². The van der Waals surface area contributed by atoms with Gasteiger partial charge in [-0.15, -0.1) is 0 Å². The second kappa shape index (κ2) is 7.70. The van der Waals surface area contributed by atoms with Gasteiger partial charge in [0.2, 0.25) is 11.9 Å². The molecule has 0 bridgehead atoms. The number of aromatic nitrogens is 2. The van der Waals surface area contributed by atoms with Crippen LogP contribution in [0.5, 0.6) is 0 Å². The number of nitrogens with zero attached hydrogens (tertiary/aromatic N) is 4. The third-order valence-electron chi connectivity index (χ3n) is 4.20. The molecule has 8 heteroatoms. The van der Waals surface area contributed by atoms with E-state index in [1.165, 1.54) is 12.4 Å². The Kier molecular flexibility index (Phi) is 5.37. The highest BCUT2D eigenvalue weighted by Crippen LogP contribution is 2.24. The van der Waals surface area contributed by atoms with E-state index in [0.717, 1.165) is 5.69 Å². The average molecular weight is 374 g/mol. The van der Waals surface area contributed by atoms with E-state index in [1.54, 1.807) is 28.0 Å². The van der Waals surface area contributed by atoms with Gasteiger partial charge in [0.15, 0.2) is 0 Å². The minimum Gasteiger partial charge on any atom is -0.355 e. The number of halogens is 1. The van der Waals surface area contributed by atoms with E-state index in [4.69, 9.17) is 11.6 Å². The van der Waals surface area contributed by atoms with Crippen LogP contribution >= 0.6 is 11.6 Å².